The molecule has 0 aliphatic heterocycles. The Bertz CT molecular complexity index is 206. The number of aryl methyl sites for hydroxylation is 1. The first-order valence-corrected chi connectivity index (χ1v) is 5.02. The average molecular weight is 181 g/mol. The van der Waals surface area contributed by atoms with Crippen LogP contribution < -0.4 is 5.32 Å². The van der Waals surface area contributed by atoms with Crippen molar-refractivity contribution in [2.24, 2.45) is 0 Å². The maximum absolute atomic E-state index is 3.99. The molecular formula is C10H19N3. The zero-order chi connectivity index (χ0) is 9.52. The molecule has 1 atom stereocenters. The molecule has 0 saturated heterocycles. The van der Waals surface area contributed by atoms with Gasteiger partial charge in [0.2, 0.25) is 0 Å². The van der Waals surface area contributed by atoms with Gasteiger partial charge < -0.3 is 9.88 Å². The Labute approximate surface area is 80.2 Å². The van der Waals surface area contributed by atoms with Crippen molar-refractivity contribution in [1.82, 2.24) is 14.9 Å². The van der Waals surface area contributed by atoms with Crippen LogP contribution in [0.1, 0.15) is 26.7 Å². The van der Waals surface area contributed by atoms with E-state index < -0.39 is 0 Å². The minimum absolute atomic E-state index is 0.641. The molecule has 1 N–H and O–H groups in total. The summed E-state index contributed by atoms with van der Waals surface area (Å²) in [5, 5.41) is 3.46. The van der Waals surface area contributed by atoms with Gasteiger partial charge in [-0.1, -0.05) is 6.92 Å². The molecule has 0 radical (unpaired) electrons. The third kappa shape index (κ3) is 4.08. The van der Waals surface area contributed by atoms with E-state index in [9.17, 15) is 0 Å². The van der Waals surface area contributed by atoms with Gasteiger partial charge in [0.05, 0.1) is 6.33 Å². The van der Waals surface area contributed by atoms with E-state index in [0.717, 1.165) is 13.1 Å². The third-order valence-corrected chi connectivity index (χ3v) is 2.26. The molecule has 0 aliphatic rings. The fourth-order valence-corrected chi connectivity index (χ4v) is 1.17. The molecule has 0 fully saturated rings. The van der Waals surface area contributed by atoms with Gasteiger partial charge in [-0.25, -0.2) is 4.98 Å². The highest BCUT2D eigenvalue weighted by atomic mass is 15.0. The lowest BCUT2D eigenvalue weighted by molar-refractivity contribution is 0.502. The topological polar surface area (TPSA) is 29.9 Å². The minimum Gasteiger partial charge on any atom is -0.337 e. The molecule has 3 heteroatoms. The van der Waals surface area contributed by atoms with Crippen LogP contribution in [0.5, 0.6) is 0 Å². The Hall–Kier alpha value is -0.830. The van der Waals surface area contributed by atoms with Gasteiger partial charge >= 0.3 is 0 Å². The van der Waals surface area contributed by atoms with E-state index >= 15 is 0 Å². The summed E-state index contributed by atoms with van der Waals surface area (Å²) < 4.78 is 2.11. The van der Waals surface area contributed by atoms with Crippen LogP contribution in [0.3, 0.4) is 0 Å². The molecule has 0 amide bonds. The van der Waals surface area contributed by atoms with Gasteiger partial charge in [-0.2, -0.15) is 0 Å². The van der Waals surface area contributed by atoms with Gasteiger partial charge in [0.25, 0.3) is 0 Å². The Balaban J connectivity index is 2.02. The summed E-state index contributed by atoms with van der Waals surface area (Å²) in [4.78, 5) is 3.99. The van der Waals surface area contributed by atoms with Crippen molar-refractivity contribution >= 4 is 0 Å². The predicted octanol–water partition coefficient (Wildman–Crippen LogP) is 1.66. The molecule has 0 aliphatic carbocycles. The lowest BCUT2D eigenvalue weighted by Crippen LogP contribution is -2.26. The molecule has 13 heavy (non-hydrogen) atoms. The fourth-order valence-electron chi connectivity index (χ4n) is 1.17. The number of nitrogens with zero attached hydrogens (tertiary/aromatic N) is 2. The van der Waals surface area contributed by atoms with Crippen LogP contribution >= 0.6 is 0 Å². The summed E-state index contributed by atoms with van der Waals surface area (Å²) in [5.74, 6) is 0. The van der Waals surface area contributed by atoms with Crippen LogP contribution in [0.15, 0.2) is 18.7 Å². The Morgan fingerprint density at radius 1 is 1.54 bits per heavy atom. The van der Waals surface area contributed by atoms with Crippen molar-refractivity contribution in [3.05, 3.63) is 18.7 Å². The third-order valence-electron chi connectivity index (χ3n) is 2.26. The minimum atomic E-state index is 0.641. The van der Waals surface area contributed by atoms with Crippen molar-refractivity contribution in [3.63, 3.8) is 0 Å². The summed E-state index contributed by atoms with van der Waals surface area (Å²) >= 11 is 0. The highest BCUT2D eigenvalue weighted by Gasteiger charge is 1.95. The Morgan fingerprint density at radius 2 is 2.38 bits per heavy atom. The summed E-state index contributed by atoms with van der Waals surface area (Å²) in [6.07, 6.45) is 8.06. The average Bonchev–Trinajstić information content (AvgIpc) is 2.64. The van der Waals surface area contributed by atoms with E-state index in [1.807, 2.05) is 18.7 Å². The van der Waals surface area contributed by atoms with E-state index in [-0.39, 0.29) is 0 Å². The molecule has 1 heterocycles. The Kier molecular flexibility index (Phi) is 4.54. The number of imidazole rings is 1. The van der Waals surface area contributed by atoms with Gasteiger partial charge in [0.1, 0.15) is 0 Å². The first-order chi connectivity index (χ1) is 6.33. The van der Waals surface area contributed by atoms with E-state index in [1.165, 1.54) is 12.8 Å². The van der Waals surface area contributed by atoms with Crippen molar-refractivity contribution in [2.75, 3.05) is 6.54 Å². The molecule has 1 aromatic rings. The van der Waals surface area contributed by atoms with Gasteiger partial charge in [-0.05, 0) is 26.3 Å². The van der Waals surface area contributed by atoms with Crippen LogP contribution in [0, 0.1) is 0 Å². The van der Waals surface area contributed by atoms with E-state index in [0.29, 0.717) is 6.04 Å². The van der Waals surface area contributed by atoms with Crippen molar-refractivity contribution < 1.29 is 0 Å². The van der Waals surface area contributed by atoms with Gasteiger partial charge in [-0.15, -0.1) is 0 Å². The first kappa shape index (κ1) is 10.3. The Morgan fingerprint density at radius 3 is 3.00 bits per heavy atom. The van der Waals surface area contributed by atoms with Crippen LogP contribution in [-0.4, -0.2) is 22.1 Å². The van der Waals surface area contributed by atoms with E-state index in [1.54, 1.807) is 0 Å². The highest BCUT2D eigenvalue weighted by molar-refractivity contribution is 4.73. The van der Waals surface area contributed by atoms with Crippen LogP contribution in [-0.2, 0) is 6.54 Å². The molecule has 0 bridgehead atoms. The lowest BCUT2D eigenvalue weighted by Gasteiger charge is -2.10. The monoisotopic (exact) mass is 181 g/mol. The molecule has 0 aromatic carbocycles. The second-order valence-electron chi connectivity index (χ2n) is 3.42. The van der Waals surface area contributed by atoms with Crippen molar-refractivity contribution in [3.8, 4) is 0 Å². The second kappa shape index (κ2) is 5.75. The second-order valence-corrected chi connectivity index (χ2v) is 3.42. The zero-order valence-corrected chi connectivity index (χ0v) is 8.53. The first-order valence-electron chi connectivity index (χ1n) is 5.02. The molecule has 1 rings (SSSR count). The number of aromatic nitrogens is 2. The van der Waals surface area contributed by atoms with Gasteiger partial charge in [0.15, 0.2) is 0 Å². The maximum Gasteiger partial charge on any atom is 0.0945 e. The number of nitrogens with one attached hydrogen (secondary N) is 1. The summed E-state index contributed by atoms with van der Waals surface area (Å²) in [6.45, 7) is 6.57. The number of hydrogen-bond acceptors (Lipinski definition) is 2. The normalized spacial score (nSPS) is 13.1. The summed E-state index contributed by atoms with van der Waals surface area (Å²) in [5.41, 5.74) is 0. The molecule has 1 unspecified atom stereocenters. The smallest absolute Gasteiger partial charge is 0.0945 e. The molecular weight excluding hydrogens is 162 g/mol. The fraction of sp³-hybridized carbons (Fsp3) is 0.700. The molecule has 1 aromatic heterocycles. The maximum atomic E-state index is 3.99. The zero-order valence-electron chi connectivity index (χ0n) is 8.53. The summed E-state index contributed by atoms with van der Waals surface area (Å²) in [7, 11) is 0. The van der Waals surface area contributed by atoms with E-state index in [2.05, 4.69) is 28.7 Å². The molecule has 74 valence electrons. The van der Waals surface area contributed by atoms with Gasteiger partial charge in [0, 0.05) is 25.0 Å². The van der Waals surface area contributed by atoms with Crippen molar-refractivity contribution in [1.29, 1.82) is 0 Å². The molecule has 0 spiro atoms. The largest absolute Gasteiger partial charge is 0.337 e. The molecule has 0 saturated carbocycles. The van der Waals surface area contributed by atoms with Gasteiger partial charge in [-0.3, -0.25) is 0 Å². The summed E-state index contributed by atoms with van der Waals surface area (Å²) in [6, 6.07) is 0.641. The van der Waals surface area contributed by atoms with E-state index in [4.69, 9.17) is 0 Å². The standard InChI is InChI=1S/C10H19N3/c1-3-10(2)12-5-4-7-13-8-6-11-9-13/h6,8-10,12H,3-5,7H2,1-2H3. The lowest BCUT2D eigenvalue weighted by atomic mass is 10.2. The van der Waals surface area contributed by atoms with Crippen molar-refractivity contribution in [2.45, 2.75) is 39.3 Å². The molecule has 3 nitrogen and oxygen atoms in total. The van der Waals surface area contributed by atoms with Crippen LogP contribution in [0.4, 0.5) is 0 Å². The number of hydrogen-bond donors (Lipinski definition) is 1. The predicted molar refractivity (Wildman–Crippen MR) is 54.6 cm³/mol. The highest BCUT2D eigenvalue weighted by Crippen LogP contribution is 1.91. The van der Waals surface area contributed by atoms with Crippen LogP contribution in [0.25, 0.3) is 0 Å². The SMILES string of the molecule is CCC(C)NCCCn1ccnc1. The van der Waals surface area contributed by atoms with Crippen LogP contribution in [0.2, 0.25) is 0 Å². The number of rotatable bonds is 6. The quantitative estimate of drug-likeness (QED) is 0.676.